The molecule has 0 spiro atoms. The van der Waals surface area contributed by atoms with Crippen LogP contribution in [0, 0.1) is 13.8 Å². The lowest BCUT2D eigenvalue weighted by atomic mass is 10.2. The summed E-state index contributed by atoms with van der Waals surface area (Å²) in [5.74, 6) is -0.943. The van der Waals surface area contributed by atoms with E-state index >= 15 is 0 Å². The third-order valence-electron chi connectivity index (χ3n) is 2.35. The Labute approximate surface area is 117 Å². The molecule has 0 bridgehead atoms. The van der Waals surface area contributed by atoms with E-state index in [2.05, 4.69) is 26.2 Å². The predicted octanol–water partition coefficient (Wildman–Crippen LogP) is 3.96. The Morgan fingerprint density at radius 3 is 2.78 bits per heavy atom. The summed E-state index contributed by atoms with van der Waals surface area (Å²) in [5.41, 5.74) is 2.52. The van der Waals surface area contributed by atoms with E-state index in [9.17, 15) is 4.79 Å². The standard InChI is InChI=1S/C12H11BrN2O2S/c1-6-3-4-8(13)9(5-6)15-12-14-7(2)10(18-12)11(16)17/h3-5H,1-2H3,(H,14,15)(H,16,17). The number of halogens is 1. The number of aryl methyl sites for hydroxylation is 2. The van der Waals surface area contributed by atoms with Crippen LogP contribution >= 0.6 is 27.3 Å². The number of aromatic nitrogens is 1. The number of carboxylic acid groups (broad SMARTS) is 1. The number of hydrogen-bond donors (Lipinski definition) is 2. The highest BCUT2D eigenvalue weighted by Crippen LogP contribution is 2.30. The Bertz CT molecular complexity index is 610. The van der Waals surface area contributed by atoms with E-state index in [4.69, 9.17) is 5.11 Å². The highest BCUT2D eigenvalue weighted by Gasteiger charge is 2.14. The normalized spacial score (nSPS) is 10.4. The zero-order valence-electron chi connectivity index (χ0n) is 9.82. The zero-order valence-corrected chi connectivity index (χ0v) is 12.2. The zero-order chi connectivity index (χ0) is 13.3. The van der Waals surface area contributed by atoms with Crippen molar-refractivity contribution >= 4 is 44.1 Å². The molecule has 94 valence electrons. The summed E-state index contributed by atoms with van der Waals surface area (Å²) in [4.78, 5) is 15.4. The van der Waals surface area contributed by atoms with Crippen LogP contribution in [-0.2, 0) is 0 Å². The molecule has 2 rings (SSSR count). The molecule has 1 aromatic heterocycles. The number of aromatic carboxylic acids is 1. The number of thiazole rings is 1. The van der Waals surface area contributed by atoms with Crippen LogP contribution in [0.5, 0.6) is 0 Å². The lowest BCUT2D eigenvalue weighted by Crippen LogP contribution is -1.94. The molecule has 0 aliphatic carbocycles. The van der Waals surface area contributed by atoms with Crippen LogP contribution in [0.3, 0.4) is 0 Å². The van der Waals surface area contributed by atoms with Gasteiger partial charge in [-0.25, -0.2) is 9.78 Å². The molecule has 0 saturated carbocycles. The van der Waals surface area contributed by atoms with Gasteiger partial charge in [-0.15, -0.1) is 0 Å². The summed E-state index contributed by atoms with van der Waals surface area (Å²) < 4.78 is 0.915. The largest absolute Gasteiger partial charge is 0.477 e. The van der Waals surface area contributed by atoms with Gasteiger partial charge in [-0.2, -0.15) is 0 Å². The van der Waals surface area contributed by atoms with Gasteiger partial charge in [0.1, 0.15) is 4.88 Å². The molecule has 0 fully saturated rings. The van der Waals surface area contributed by atoms with Gasteiger partial charge in [0.25, 0.3) is 0 Å². The van der Waals surface area contributed by atoms with Gasteiger partial charge in [-0.3, -0.25) is 0 Å². The van der Waals surface area contributed by atoms with E-state index in [1.165, 1.54) is 0 Å². The van der Waals surface area contributed by atoms with Gasteiger partial charge < -0.3 is 10.4 Å². The third-order valence-corrected chi connectivity index (χ3v) is 4.11. The first-order chi connectivity index (χ1) is 8.47. The number of benzene rings is 1. The maximum atomic E-state index is 10.9. The van der Waals surface area contributed by atoms with Crippen molar-refractivity contribution < 1.29 is 9.90 Å². The van der Waals surface area contributed by atoms with Crippen molar-refractivity contribution in [3.05, 3.63) is 38.8 Å². The fourth-order valence-electron chi connectivity index (χ4n) is 1.50. The minimum absolute atomic E-state index is 0.265. The van der Waals surface area contributed by atoms with E-state index < -0.39 is 5.97 Å². The quantitative estimate of drug-likeness (QED) is 0.896. The van der Waals surface area contributed by atoms with Crippen LogP contribution in [0.2, 0.25) is 0 Å². The molecular formula is C12H11BrN2O2S. The molecule has 0 radical (unpaired) electrons. The van der Waals surface area contributed by atoms with E-state index in [0.717, 1.165) is 27.1 Å². The molecule has 0 saturated heterocycles. The van der Waals surface area contributed by atoms with Crippen LogP contribution in [-0.4, -0.2) is 16.1 Å². The van der Waals surface area contributed by atoms with Gasteiger partial charge >= 0.3 is 5.97 Å². The van der Waals surface area contributed by atoms with Crippen LogP contribution < -0.4 is 5.32 Å². The van der Waals surface area contributed by atoms with Crippen LogP contribution in [0.25, 0.3) is 0 Å². The number of hydrogen-bond acceptors (Lipinski definition) is 4. The molecule has 6 heteroatoms. The van der Waals surface area contributed by atoms with Crippen molar-refractivity contribution in [3.8, 4) is 0 Å². The van der Waals surface area contributed by atoms with Crippen molar-refractivity contribution in [1.82, 2.24) is 4.98 Å². The first kappa shape index (κ1) is 13.0. The molecule has 0 aliphatic rings. The summed E-state index contributed by atoms with van der Waals surface area (Å²) in [6, 6.07) is 5.91. The highest BCUT2D eigenvalue weighted by molar-refractivity contribution is 9.10. The van der Waals surface area contributed by atoms with E-state index in [-0.39, 0.29) is 4.88 Å². The SMILES string of the molecule is Cc1ccc(Br)c(Nc2nc(C)c(C(=O)O)s2)c1. The lowest BCUT2D eigenvalue weighted by molar-refractivity contribution is 0.0701. The van der Waals surface area contributed by atoms with Crippen molar-refractivity contribution in [2.75, 3.05) is 5.32 Å². The Hall–Kier alpha value is -1.40. The second kappa shape index (κ2) is 5.07. The van der Waals surface area contributed by atoms with Crippen molar-refractivity contribution in [2.45, 2.75) is 13.8 Å². The second-order valence-electron chi connectivity index (χ2n) is 3.85. The predicted molar refractivity (Wildman–Crippen MR) is 76.0 cm³/mol. The van der Waals surface area contributed by atoms with Crippen LogP contribution in [0.1, 0.15) is 20.9 Å². The lowest BCUT2D eigenvalue weighted by Gasteiger charge is -2.06. The molecule has 2 N–H and O–H groups in total. The number of nitrogens with one attached hydrogen (secondary N) is 1. The molecule has 0 amide bonds. The summed E-state index contributed by atoms with van der Waals surface area (Å²) in [6.45, 7) is 3.68. The molecule has 1 aromatic carbocycles. The Kier molecular flexibility index (Phi) is 3.68. The van der Waals surface area contributed by atoms with Crippen molar-refractivity contribution in [2.24, 2.45) is 0 Å². The third kappa shape index (κ3) is 2.70. The minimum atomic E-state index is -0.943. The molecule has 0 unspecified atom stereocenters. The maximum Gasteiger partial charge on any atom is 0.347 e. The average Bonchev–Trinajstić information content (AvgIpc) is 2.65. The van der Waals surface area contributed by atoms with Gasteiger partial charge in [0.15, 0.2) is 5.13 Å². The Morgan fingerprint density at radius 2 is 2.17 bits per heavy atom. The summed E-state index contributed by atoms with van der Waals surface area (Å²) in [7, 11) is 0. The molecule has 0 aliphatic heterocycles. The number of carboxylic acids is 1. The minimum Gasteiger partial charge on any atom is -0.477 e. The molecule has 18 heavy (non-hydrogen) atoms. The molecule has 0 atom stereocenters. The molecule has 4 nitrogen and oxygen atoms in total. The smallest absolute Gasteiger partial charge is 0.347 e. The average molecular weight is 327 g/mol. The van der Waals surface area contributed by atoms with Gasteiger partial charge in [0.2, 0.25) is 0 Å². The molecule has 2 aromatic rings. The number of carbonyl (C=O) groups is 1. The van der Waals surface area contributed by atoms with Crippen LogP contribution in [0.4, 0.5) is 10.8 Å². The van der Waals surface area contributed by atoms with Crippen molar-refractivity contribution in [3.63, 3.8) is 0 Å². The molecular weight excluding hydrogens is 316 g/mol. The Morgan fingerprint density at radius 1 is 1.44 bits per heavy atom. The first-order valence-electron chi connectivity index (χ1n) is 5.21. The summed E-state index contributed by atoms with van der Waals surface area (Å²) >= 11 is 4.57. The monoisotopic (exact) mass is 326 g/mol. The maximum absolute atomic E-state index is 10.9. The van der Waals surface area contributed by atoms with Gasteiger partial charge in [-0.1, -0.05) is 17.4 Å². The van der Waals surface area contributed by atoms with E-state index in [0.29, 0.717) is 10.8 Å². The highest BCUT2D eigenvalue weighted by atomic mass is 79.9. The first-order valence-corrected chi connectivity index (χ1v) is 6.82. The van der Waals surface area contributed by atoms with E-state index in [1.807, 2.05) is 25.1 Å². The topological polar surface area (TPSA) is 62.2 Å². The second-order valence-corrected chi connectivity index (χ2v) is 5.70. The van der Waals surface area contributed by atoms with Gasteiger partial charge in [0, 0.05) is 4.47 Å². The number of anilines is 2. The van der Waals surface area contributed by atoms with E-state index in [1.54, 1.807) is 6.92 Å². The Balaban J connectivity index is 2.31. The fourth-order valence-corrected chi connectivity index (χ4v) is 2.66. The van der Waals surface area contributed by atoms with Crippen LogP contribution in [0.15, 0.2) is 22.7 Å². The fraction of sp³-hybridized carbons (Fsp3) is 0.167. The number of nitrogens with zero attached hydrogens (tertiary/aromatic N) is 1. The molecule has 1 heterocycles. The number of rotatable bonds is 3. The van der Waals surface area contributed by atoms with Crippen molar-refractivity contribution in [1.29, 1.82) is 0 Å². The summed E-state index contributed by atoms with van der Waals surface area (Å²) in [6.07, 6.45) is 0. The summed E-state index contributed by atoms with van der Waals surface area (Å²) in [5, 5.41) is 12.7. The van der Waals surface area contributed by atoms with Gasteiger partial charge in [0.05, 0.1) is 11.4 Å². The van der Waals surface area contributed by atoms with Gasteiger partial charge in [-0.05, 0) is 47.5 Å².